The Bertz CT molecular complexity index is 1210. The molecule has 3 aromatic rings. The van der Waals surface area contributed by atoms with Crippen LogP contribution in [0.5, 0.6) is 0 Å². The number of nitrogens with zero attached hydrogens (tertiary/aromatic N) is 2. The molecule has 2 heterocycles. The average molecular weight is 552 g/mol. The molecular formula is C25H25Cl3N4O2S. The minimum Gasteiger partial charge on any atom is -0.322 e. The van der Waals surface area contributed by atoms with Crippen LogP contribution >= 0.6 is 46.1 Å². The minimum atomic E-state index is -0.408. The maximum absolute atomic E-state index is 13.1. The number of amides is 2. The Labute approximate surface area is 223 Å². The fourth-order valence-corrected chi connectivity index (χ4v) is 5.48. The lowest BCUT2D eigenvalue weighted by molar-refractivity contribution is 0.102. The molecule has 184 valence electrons. The van der Waals surface area contributed by atoms with Crippen LogP contribution in [0.1, 0.15) is 32.5 Å². The number of para-hydroxylation sites is 1. The van der Waals surface area contributed by atoms with Gasteiger partial charge in [0.15, 0.2) is 0 Å². The van der Waals surface area contributed by atoms with Crippen molar-refractivity contribution in [3.8, 4) is 0 Å². The zero-order chi connectivity index (χ0) is 24.9. The molecule has 1 aromatic heterocycles. The molecular weight excluding hydrogens is 527 g/mol. The number of thiophene rings is 1. The van der Waals surface area contributed by atoms with Gasteiger partial charge in [0.05, 0.1) is 21.3 Å². The van der Waals surface area contributed by atoms with Gasteiger partial charge in [-0.15, -0.1) is 11.3 Å². The molecule has 6 nitrogen and oxygen atoms in total. The van der Waals surface area contributed by atoms with Crippen LogP contribution in [0, 0.1) is 0 Å². The van der Waals surface area contributed by atoms with Crippen molar-refractivity contribution in [1.82, 2.24) is 9.80 Å². The first-order chi connectivity index (χ1) is 16.9. The van der Waals surface area contributed by atoms with E-state index in [1.807, 2.05) is 5.38 Å². The zero-order valence-corrected chi connectivity index (χ0v) is 22.2. The van der Waals surface area contributed by atoms with E-state index in [1.54, 1.807) is 42.5 Å². The topological polar surface area (TPSA) is 64.7 Å². The first-order valence-electron chi connectivity index (χ1n) is 11.2. The standard InChI is InChI=1S/C25H25Cl3N4O2S/c1-2-31-10-12-32(13-11-31)14-16-15-35-23(21(16)28)25(34)30-22-19(4-3-5-20(22)27)24(33)29-18-8-6-17(26)7-9-18/h3-9,15H,2,10-14H2,1H3,(H,29,33)(H,30,34). The Hall–Kier alpha value is -2.13. The third-order valence-electron chi connectivity index (χ3n) is 5.91. The van der Waals surface area contributed by atoms with Gasteiger partial charge in [-0.2, -0.15) is 0 Å². The number of hydrogen-bond donors (Lipinski definition) is 2. The molecule has 35 heavy (non-hydrogen) atoms. The van der Waals surface area contributed by atoms with Gasteiger partial charge in [-0.05, 0) is 53.9 Å². The van der Waals surface area contributed by atoms with Crippen LogP contribution in [-0.4, -0.2) is 54.3 Å². The van der Waals surface area contributed by atoms with Crippen molar-refractivity contribution in [2.75, 3.05) is 43.4 Å². The molecule has 0 bridgehead atoms. The number of carbonyl (C=O) groups excluding carboxylic acids is 2. The van der Waals surface area contributed by atoms with Crippen molar-refractivity contribution >= 4 is 69.3 Å². The highest BCUT2D eigenvalue weighted by Gasteiger charge is 2.23. The van der Waals surface area contributed by atoms with E-state index in [0.717, 1.165) is 38.3 Å². The van der Waals surface area contributed by atoms with Gasteiger partial charge in [0, 0.05) is 43.4 Å². The van der Waals surface area contributed by atoms with Crippen molar-refractivity contribution < 1.29 is 9.59 Å². The van der Waals surface area contributed by atoms with Crippen LogP contribution in [0.2, 0.25) is 15.1 Å². The van der Waals surface area contributed by atoms with E-state index >= 15 is 0 Å². The lowest BCUT2D eigenvalue weighted by Gasteiger charge is -2.33. The van der Waals surface area contributed by atoms with E-state index in [1.165, 1.54) is 11.3 Å². The highest BCUT2D eigenvalue weighted by atomic mass is 35.5. The van der Waals surface area contributed by atoms with Gasteiger partial charge < -0.3 is 15.5 Å². The van der Waals surface area contributed by atoms with Crippen molar-refractivity contribution in [2.45, 2.75) is 13.5 Å². The molecule has 0 spiro atoms. The fourth-order valence-electron chi connectivity index (χ4n) is 3.89. The summed E-state index contributed by atoms with van der Waals surface area (Å²) in [5, 5.41) is 8.76. The number of nitrogens with one attached hydrogen (secondary N) is 2. The van der Waals surface area contributed by atoms with E-state index in [4.69, 9.17) is 34.8 Å². The first kappa shape index (κ1) is 25.9. The van der Waals surface area contributed by atoms with Crippen molar-refractivity contribution in [1.29, 1.82) is 0 Å². The predicted octanol–water partition coefficient (Wildman–Crippen LogP) is 6.35. The summed E-state index contributed by atoms with van der Waals surface area (Å²) in [4.78, 5) is 31.2. The van der Waals surface area contributed by atoms with Gasteiger partial charge in [-0.1, -0.05) is 47.8 Å². The Morgan fingerprint density at radius 2 is 1.60 bits per heavy atom. The van der Waals surface area contributed by atoms with Crippen LogP contribution < -0.4 is 10.6 Å². The van der Waals surface area contributed by atoms with Crippen molar-refractivity contribution in [2.24, 2.45) is 0 Å². The predicted molar refractivity (Wildman–Crippen MR) is 146 cm³/mol. The first-order valence-corrected chi connectivity index (χ1v) is 13.2. The van der Waals surface area contributed by atoms with Gasteiger partial charge in [-0.25, -0.2) is 0 Å². The van der Waals surface area contributed by atoms with Crippen LogP contribution in [0.3, 0.4) is 0 Å². The summed E-state index contributed by atoms with van der Waals surface area (Å²) in [7, 11) is 0. The summed E-state index contributed by atoms with van der Waals surface area (Å²) in [5.41, 5.74) is 1.96. The van der Waals surface area contributed by atoms with Crippen LogP contribution in [0.15, 0.2) is 47.8 Å². The lowest BCUT2D eigenvalue weighted by atomic mass is 10.1. The highest BCUT2D eigenvalue weighted by molar-refractivity contribution is 7.13. The summed E-state index contributed by atoms with van der Waals surface area (Å²) in [5.74, 6) is -0.815. The van der Waals surface area contributed by atoms with E-state index in [0.29, 0.717) is 27.2 Å². The normalized spacial score (nSPS) is 14.6. The van der Waals surface area contributed by atoms with E-state index in [-0.39, 0.29) is 16.3 Å². The number of rotatable bonds is 7. The van der Waals surface area contributed by atoms with Crippen molar-refractivity contribution in [3.05, 3.63) is 78.9 Å². The smallest absolute Gasteiger partial charge is 0.267 e. The second kappa shape index (κ2) is 11.7. The molecule has 10 heteroatoms. The summed E-state index contributed by atoms with van der Waals surface area (Å²) in [6.07, 6.45) is 0. The summed E-state index contributed by atoms with van der Waals surface area (Å²) in [6.45, 7) is 7.90. The second-order valence-electron chi connectivity index (χ2n) is 8.19. The number of halogens is 3. The molecule has 0 atom stereocenters. The second-order valence-corrected chi connectivity index (χ2v) is 10.3. The molecule has 0 saturated carbocycles. The molecule has 0 aliphatic carbocycles. The van der Waals surface area contributed by atoms with Crippen LogP contribution in [0.4, 0.5) is 11.4 Å². The van der Waals surface area contributed by atoms with E-state index in [2.05, 4.69) is 27.4 Å². The molecule has 1 aliphatic rings. The van der Waals surface area contributed by atoms with Gasteiger partial charge >= 0.3 is 0 Å². The molecule has 1 saturated heterocycles. The Balaban J connectivity index is 1.47. The van der Waals surface area contributed by atoms with Crippen LogP contribution in [0.25, 0.3) is 0 Å². The third-order valence-corrected chi connectivity index (χ3v) is 8.05. The Kier molecular flexibility index (Phi) is 8.70. The van der Waals surface area contributed by atoms with Gasteiger partial charge in [0.1, 0.15) is 4.88 Å². The number of piperazine rings is 1. The molecule has 2 N–H and O–H groups in total. The molecule has 2 amide bonds. The number of hydrogen-bond acceptors (Lipinski definition) is 5. The van der Waals surface area contributed by atoms with E-state index in [9.17, 15) is 9.59 Å². The largest absolute Gasteiger partial charge is 0.322 e. The SMILES string of the molecule is CCN1CCN(Cc2csc(C(=O)Nc3c(Cl)cccc3C(=O)Nc3ccc(Cl)cc3)c2Cl)CC1. The third kappa shape index (κ3) is 6.36. The lowest BCUT2D eigenvalue weighted by Crippen LogP contribution is -2.45. The van der Waals surface area contributed by atoms with Crippen LogP contribution in [-0.2, 0) is 6.54 Å². The number of anilines is 2. The summed E-state index contributed by atoms with van der Waals surface area (Å²) >= 11 is 20.2. The Morgan fingerprint density at radius 3 is 2.29 bits per heavy atom. The summed E-state index contributed by atoms with van der Waals surface area (Å²) < 4.78 is 0. The molecule has 0 unspecified atom stereocenters. The highest BCUT2D eigenvalue weighted by Crippen LogP contribution is 2.32. The average Bonchev–Trinajstić information content (AvgIpc) is 3.22. The zero-order valence-electron chi connectivity index (χ0n) is 19.1. The van der Waals surface area contributed by atoms with Gasteiger partial charge in [-0.3, -0.25) is 14.5 Å². The number of likely N-dealkylation sites (N-methyl/N-ethyl adjacent to an activating group) is 1. The number of benzene rings is 2. The quantitative estimate of drug-likeness (QED) is 0.359. The maximum Gasteiger partial charge on any atom is 0.267 e. The monoisotopic (exact) mass is 550 g/mol. The van der Waals surface area contributed by atoms with Gasteiger partial charge in [0.2, 0.25) is 0 Å². The van der Waals surface area contributed by atoms with Crippen molar-refractivity contribution in [3.63, 3.8) is 0 Å². The minimum absolute atomic E-state index is 0.229. The molecule has 1 fully saturated rings. The fraction of sp³-hybridized carbons (Fsp3) is 0.280. The number of carbonyl (C=O) groups is 2. The maximum atomic E-state index is 13.1. The summed E-state index contributed by atoms with van der Waals surface area (Å²) in [6, 6.07) is 11.6. The molecule has 4 rings (SSSR count). The molecule has 1 aliphatic heterocycles. The van der Waals surface area contributed by atoms with E-state index < -0.39 is 11.8 Å². The Morgan fingerprint density at radius 1 is 0.914 bits per heavy atom. The van der Waals surface area contributed by atoms with Gasteiger partial charge in [0.25, 0.3) is 11.8 Å². The molecule has 0 radical (unpaired) electrons. The molecule has 2 aromatic carbocycles.